The largest absolute Gasteiger partial charge is 0.501 e. The Labute approximate surface area is 120 Å². The van der Waals surface area contributed by atoms with Crippen LogP contribution in [0.3, 0.4) is 0 Å². The zero-order valence-corrected chi connectivity index (χ0v) is 12.9. The van der Waals surface area contributed by atoms with Gasteiger partial charge in [0.05, 0.1) is 21.6 Å². The van der Waals surface area contributed by atoms with Crippen LogP contribution < -0.4 is 5.46 Å². The summed E-state index contributed by atoms with van der Waals surface area (Å²) in [5, 5.41) is 11.1. The summed E-state index contributed by atoms with van der Waals surface area (Å²) in [4.78, 5) is 10.7. The fraction of sp³-hybridized carbons (Fsp3) is 0.500. The number of benzene rings is 1. The first-order chi connectivity index (χ1) is 8.64. The van der Waals surface area contributed by atoms with E-state index in [4.69, 9.17) is 9.31 Å². The lowest BCUT2D eigenvalue weighted by molar-refractivity contribution is -0.383. The Morgan fingerprint density at radius 3 is 2.21 bits per heavy atom. The molecule has 1 aromatic rings. The molecule has 1 fully saturated rings. The van der Waals surface area contributed by atoms with Crippen LogP contribution >= 0.6 is 15.9 Å². The number of hydrogen-bond donors (Lipinski definition) is 0. The topological polar surface area (TPSA) is 61.6 Å². The van der Waals surface area contributed by atoms with E-state index in [1.165, 1.54) is 6.07 Å². The molecule has 0 unspecified atom stereocenters. The van der Waals surface area contributed by atoms with Crippen LogP contribution in [-0.2, 0) is 9.31 Å². The predicted molar refractivity (Wildman–Crippen MR) is 76.5 cm³/mol. The fourth-order valence-corrected chi connectivity index (χ4v) is 2.19. The minimum Gasteiger partial charge on any atom is -0.399 e. The van der Waals surface area contributed by atoms with Crippen molar-refractivity contribution >= 4 is 34.2 Å². The Morgan fingerprint density at radius 1 is 1.21 bits per heavy atom. The lowest BCUT2D eigenvalue weighted by Crippen LogP contribution is -2.41. The summed E-state index contributed by atoms with van der Waals surface area (Å²) in [5.74, 6) is 0. The second-order valence-corrected chi connectivity index (χ2v) is 6.46. The molecular formula is C12H15BBrNO4. The average molecular weight is 328 g/mol. The van der Waals surface area contributed by atoms with Crippen molar-refractivity contribution in [2.45, 2.75) is 38.9 Å². The molecule has 0 N–H and O–H groups in total. The summed E-state index contributed by atoms with van der Waals surface area (Å²) >= 11 is 3.23. The third kappa shape index (κ3) is 2.54. The van der Waals surface area contributed by atoms with Gasteiger partial charge in [0.25, 0.3) is 5.69 Å². The van der Waals surface area contributed by atoms with Crippen molar-refractivity contribution in [3.05, 3.63) is 32.8 Å². The maximum Gasteiger partial charge on any atom is 0.501 e. The van der Waals surface area contributed by atoms with Gasteiger partial charge in [0.1, 0.15) is 0 Å². The van der Waals surface area contributed by atoms with Crippen LogP contribution in [-0.4, -0.2) is 23.2 Å². The number of nitro groups is 1. The van der Waals surface area contributed by atoms with Crippen molar-refractivity contribution in [2.75, 3.05) is 0 Å². The van der Waals surface area contributed by atoms with E-state index in [0.29, 0.717) is 9.94 Å². The summed E-state index contributed by atoms with van der Waals surface area (Å²) in [7, 11) is -0.724. The first-order valence-electron chi connectivity index (χ1n) is 5.93. The van der Waals surface area contributed by atoms with Gasteiger partial charge in [-0.1, -0.05) is 22.0 Å². The summed E-state index contributed by atoms with van der Waals surface area (Å²) in [6.45, 7) is 7.66. The van der Waals surface area contributed by atoms with Crippen LogP contribution in [0.15, 0.2) is 22.7 Å². The quantitative estimate of drug-likeness (QED) is 0.476. The average Bonchev–Trinajstić information content (AvgIpc) is 2.47. The van der Waals surface area contributed by atoms with E-state index in [9.17, 15) is 10.1 Å². The molecule has 7 heteroatoms. The molecule has 0 amide bonds. The van der Waals surface area contributed by atoms with Crippen LogP contribution in [0.2, 0.25) is 0 Å². The van der Waals surface area contributed by atoms with E-state index in [1.54, 1.807) is 12.1 Å². The summed E-state index contributed by atoms with van der Waals surface area (Å²) in [6, 6.07) is 4.86. The maximum atomic E-state index is 11.1. The minimum absolute atomic E-state index is 0.00660. The molecule has 102 valence electrons. The van der Waals surface area contributed by atoms with E-state index in [1.807, 2.05) is 27.7 Å². The van der Waals surface area contributed by atoms with Crippen molar-refractivity contribution in [3.63, 3.8) is 0 Å². The van der Waals surface area contributed by atoms with Crippen molar-refractivity contribution in [1.82, 2.24) is 0 Å². The number of rotatable bonds is 2. The van der Waals surface area contributed by atoms with Crippen molar-refractivity contribution in [3.8, 4) is 0 Å². The molecule has 1 saturated heterocycles. The van der Waals surface area contributed by atoms with Crippen molar-refractivity contribution in [1.29, 1.82) is 0 Å². The Bertz CT molecular complexity index is 516. The zero-order chi connectivity index (χ0) is 14.4. The van der Waals surface area contributed by atoms with Gasteiger partial charge in [-0.2, -0.15) is 0 Å². The number of halogens is 1. The molecule has 0 spiro atoms. The SMILES string of the molecule is CC1(C)OB(c2ccc(Br)cc2[N+](=O)[O-])OC1(C)C. The summed E-state index contributed by atoms with van der Waals surface area (Å²) < 4.78 is 12.3. The van der Waals surface area contributed by atoms with Gasteiger partial charge in [0, 0.05) is 10.5 Å². The standard InChI is InChI=1S/C12H15BBrNO4/c1-11(2)12(3,4)19-13(18-11)9-6-5-8(14)7-10(9)15(16)17/h5-7H,1-4H3. The highest BCUT2D eigenvalue weighted by molar-refractivity contribution is 9.10. The Morgan fingerprint density at radius 2 is 1.74 bits per heavy atom. The second kappa shape index (κ2) is 4.57. The van der Waals surface area contributed by atoms with E-state index >= 15 is 0 Å². The van der Waals surface area contributed by atoms with Crippen LogP contribution in [0.4, 0.5) is 5.69 Å². The minimum atomic E-state index is -0.724. The van der Waals surface area contributed by atoms with E-state index < -0.39 is 23.2 Å². The molecule has 1 aromatic carbocycles. The van der Waals surface area contributed by atoms with Crippen LogP contribution in [0, 0.1) is 10.1 Å². The molecule has 0 radical (unpaired) electrons. The molecule has 0 aliphatic carbocycles. The van der Waals surface area contributed by atoms with Gasteiger partial charge in [-0.25, -0.2) is 0 Å². The summed E-state index contributed by atoms with van der Waals surface area (Å²) in [5.41, 5.74) is -0.600. The fourth-order valence-electron chi connectivity index (χ4n) is 1.84. The van der Waals surface area contributed by atoms with Gasteiger partial charge in [-0.15, -0.1) is 0 Å². The first-order valence-corrected chi connectivity index (χ1v) is 6.73. The molecule has 5 nitrogen and oxygen atoms in total. The van der Waals surface area contributed by atoms with E-state index in [-0.39, 0.29) is 5.69 Å². The lowest BCUT2D eigenvalue weighted by Gasteiger charge is -2.32. The van der Waals surface area contributed by atoms with Crippen molar-refractivity contribution < 1.29 is 14.2 Å². The van der Waals surface area contributed by atoms with Gasteiger partial charge >= 0.3 is 7.12 Å². The van der Waals surface area contributed by atoms with Gasteiger partial charge in [0.2, 0.25) is 0 Å². The number of hydrogen-bond acceptors (Lipinski definition) is 4. The molecule has 0 atom stereocenters. The first kappa shape index (κ1) is 14.5. The van der Waals surface area contributed by atoms with Gasteiger partial charge in [-0.3, -0.25) is 10.1 Å². The number of nitrogens with zero attached hydrogens (tertiary/aromatic N) is 1. The third-order valence-corrected chi connectivity index (χ3v) is 4.19. The van der Waals surface area contributed by atoms with Crippen LogP contribution in [0.25, 0.3) is 0 Å². The molecule has 1 heterocycles. The van der Waals surface area contributed by atoms with Gasteiger partial charge in [0.15, 0.2) is 0 Å². The van der Waals surface area contributed by atoms with Crippen LogP contribution in [0.5, 0.6) is 0 Å². The predicted octanol–water partition coefficient (Wildman–Crippen LogP) is 2.66. The van der Waals surface area contributed by atoms with E-state index in [0.717, 1.165) is 0 Å². The van der Waals surface area contributed by atoms with Gasteiger partial charge < -0.3 is 9.31 Å². The monoisotopic (exact) mass is 327 g/mol. The highest BCUT2D eigenvalue weighted by Crippen LogP contribution is 2.37. The zero-order valence-electron chi connectivity index (χ0n) is 11.3. The normalized spacial score (nSPS) is 20.6. The number of nitro benzene ring substituents is 1. The molecule has 19 heavy (non-hydrogen) atoms. The smallest absolute Gasteiger partial charge is 0.399 e. The van der Waals surface area contributed by atoms with Crippen LogP contribution in [0.1, 0.15) is 27.7 Å². The molecule has 0 aromatic heterocycles. The second-order valence-electron chi connectivity index (χ2n) is 5.55. The van der Waals surface area contributed by atoms with Crippen molar-refractivity contribution in [2.24, 2.45) is 0 Å². The lowest BCUT2D eigenvalue weighted by atomic mass is 9.78. The Balaban J connectivity index is 2.42. The molecule has 0 saturated carbocycles. The summed E-state index contributed by atoms with van der Waals surface area (Å²) in [6.07, 6.45) is 0. The molecule has 2 rings (SSSR count). The van der Waals surface area contributed by atoms with Gasteiger partial charge in [-0.05, 0) is 33.8 Å². The van der Waals surface area contributed by atoms with E-state index in [2.05, 4.69) is 15.9 Å². The Kier molecular flexibility index (Phi) is 3.49. The molecule has 1 aliphatic heterocycles. The maximum absolute atomic E-state index is 11.1. The highest BCUT2D eigenvalue weighted by atomic mass is 79.9. The Hall–Kier alpha value is -0.915. The molecule has 1 aliphatic rings. The third-order valence-electron chi connectivity index (χ3n) is 3.70. The molecule has 0 bridgehead atoms. The molecular weight excluding hydrogens is 313 g/mol. The highest BCUT2D eigenvalue weighted by Gasteiger charge is 2.53.